The fourth-order valence-corrected chi connectivity index (χ4v) is 2.80. The van der Waals surface area contributed by atoms with Gasteiger partial charge in [-0.1, -0.05) is 36.4 Å². The molecule has 21 heavy (non-hydrogen) atoms. The molecular formula is C18H15IN2. The maximum atomic E-state index is 5.73. The summed E-state index contributed by atoms with van der Waals surface area (Å²) < 4.78 is 1.19. The number of nitrogens with one attached hydrogen (secondary N) is 1. The molecule has 104 valence electrons. The number of nitrogens with two attached hydrogens (primary N) is 1. The Kier molecular flexibility index (Phi) is 4.10. The molecule has 0 saturated carbocycles. The zero-order valence-corrected chi connectivity index (χ0v) is 13.5. The van der Waals surface area contributed by atoms with Gasteiger partial charge < -0.3 is 11.1 Å². The molecule has 0 saturated heterocycles. The van der Waals surface area contributed by atoms with Crippen molar-refractivity contribution in [1.82, 2.24) is 0 Å². The molecule has 3 aromatic rings. The van der Waals surface area contributed by atoms with Gasteiger partial charge in [-0.05, 0) is 70.1 Å². The minimum Gasteiger partial charge on any atom is -0.399 e. The Morgan fingerprint density at radius 2 is 1.43 bits per heavy atom. The molecule has 0 aliphatic rings. The van der Waals surface area contributed by atoms with Gasteiger partial charge in [0.05, 0.1) is 5.69 Å². The molecule has 3 N–H and O–H groups in total. The summed E-state index contributed by atoms with van der Waals surface area (Å²) in [7, 11) is 0. The summed E-state index contributed by atoms with van der Waals surface area (Å²) in [5, 5.41) is 3.43. The second-order valence-corrected chi connectivity index (χ2v) is 5.97. The fraction of sp³-hybridized carbons (Fsp3) is 0. The molecule has 2 nitrogen and oxygen atoms in total. The summed E-state index contributed by atoms with van der Waals surface area (Å²) in [5.74, 6) is 0. The van der Waals surface area contributed by atoms with Crippen LogP contribution in [0.4, 0.5) is 17.1 Å². The quantitative estimate of drug-likeness (QED) is 0.475. The van der Waals surface area contributed by atoms with Crippen molar-refractivity contribution in [2.75, 3.05) is 11.1 Å². The normalized spacial score (nSPS) is 10.3. The Bertz CT molecular complexity index is 737. The van der Waals surface area contributed by atoms with Gasteiger partial charge in [0, 0.05) is 14.9 Å². The fourth-order valence-electron chi connectivity index (χ4n) is 2.15. The second kappa shape index (κ2) is 6.18. The van der Waals surface area contributed by atoms with Crippen molar-refractivity contribution in [2.24, 2.45) is 0 Å². The predicted octanol–water partition coefficient (Wildman–Crippen LogP) is 5.28. The predicted molar refractivity (Wildman–Crippen MR) is 98.7 cm³/mol. The molecule has 0 aromatic heterocycles. The zero-order valence-electron chi connectivity index (χ0n) is 11.4. The molecule has 0 amide bonds. The first-order valence-electron chi connectivity index (χ1n) is 6.70. The summed E-state index contributed by atoms with van der Waals surface area (Å²) >= 11 is 2.36. The first-order valence-corrected chi connectivity index (χ1v) is 7.78. The van der Waals surface area contributed by atoms with Gasteiger partial charge >= 0.3 is 0 Å². The third-order valence-corrected chi connectivity index (χ3v) is 4.16. The van der Waals surface area contributed by atoms with Crippen LogP contribution >= 0.6 is 22.6 Å². The molecule has 0 aliphatic heterocycles. The lowest BCUT2D eigenvalue weighted by molar-refractivity contribution is 1.51. The molecule has 0 atom stereocenters. The molecule has 0 spiro atoms. The summed E-state index contributed by atoms with van der Waals surface area (Å²) in [4.78, 5) is 0. The molecule has 3 aromatic carbocycles. The highest BCUT2D eigenvalue weighted by atomic mass is 127. The summed E-state index contributed by atoms with van der Waals surface area (Å²) in [6.07, 6.45) is 0. The van der Waals surface area contributed by atoms with E-state index in [9.17, 15) is 0 Å². The van der Waals surface area contributed by atoms with Crippen LogP contribution in [0.15, 0.2) is 72.8 Å². The molecular weight excluding hydrogens is 371 g/mol. The van der Waals surface area contributed by atoms with E-state index in [2.05, 4.69) is 58.2 Å². The van der Waals surface area contributed by atoms with Gasteiger partial charge in [0.15, 0.2) is 0 Å². The second-order valence-electron chi connectivity index (χ2n) is 4.81. The Morgan fingerprint density at radius 1 is 0.762 bits per heavy atom. The lowest BCUT2D eigenvalue weighted by atomic mass is 10.1. The first-order chi connectivity index (χ1) is 10.2. The summed E-state index contributed by atoms with van der Waals surface area (Å²) in [6, 6.07) is 24.5. The van der Waals surface area contributed by atoms with Gasteiger partial charge in [0.25, 0.3) is 0 Å². The van der Waals surface area contributed by atoms with Crippen LogP contribution in [0, 0.1) is 3.57 Å². The van der Waals surface area contributed by atoms with E-state index in [0.29, 0.717) is 0 Å². The van der Waals surface area contributed by atoms with Crippen molar-refractivity contribution < 1.29 is 0 Å². The van der Waals surface area contributed by atoms with E-state index in [-0.39, 0.29) is 0 Å². The number of nitrogen functional groups attached to an aromatic ring is 1. The lowest BCUT2D eigenvalue weighted by Gasteiger charge is -2.10. The van der Waals surface area contributed by atoms with Crippen molar-refractivity contribution >= 4 is 39.7 Å². The average molecular weight is 386 g/mol. The molecule has 0 unspecified atom stereocenters. The third-order valence-electron chi connectivity index (χ3n) is 3.27. The van der Waals surface area contributed by atoms with Crippen molar-refractivity contribution in [3.05, 3.63) is 76.4 Å². The topological polar surface area (TPSA) is 38.0 Å². The molecule has 0 bridgehead atoms. The van der Waals surface area contributed by atoms with Crippen LogP contribution in [-0.4, -0.2) is 0 Å². The van der Waals surface area contributed by atoms with Crippen molar-refractivity contribution in [2.45, 2.75) is 0 Å². The van der Waals surface area contributed by atoms with Crippen LogP contribution < -0.4 is 11.1 Å². The zero-order chi connectivity index (χ0) is 14.7. The minimum absolute atomic E-state index is 0.788. The number of hydrogen-bond donors (Lipinski definition) is 2. The molecule has 0 radical (unpaired) electrons. The largest absolute Gasteiger partial charge is 0.399 e. The van der Waals surface area contributed by atoms with Crippen LogP contribution in [0.3, 0.4) is 0 Å². The maximum Gasteiger partial charge on any atom is 0.0520 e. The van der Waals surface area contributed by atoms with Crippen LogP contribution in [-0.2, 0) is 0 Å². The monoisotopic (exact) mass is 386 g/mol. The van der Waals surface area contributed by atoms with E-state index < -0.39 is 0 Å². The molecule has 3 heteroatoms. The van der Waals surface area contributed by atoms with Gasteiger partial charge in [0.2, 0.25) is 0 Å². The number of halogens is 1. The van der Waals surface area contributed by atoms with E-state index in [1.165, 1.54) is 14.7 Å². The number of anilines is 3. The van der Waals surface area contributed by atoms with Gasteiger partial charge in [-0.3, -0.25) is 0 Å². The summed E-state index contributed by atoms with van der Waals surface area (Å²) in [6.45, 7) is 0. The Balaban J connectivity index is 1.88. The van der Waals surface area contributed by atoms with Crippen LogP contribution in [0.5, 0.6) is 0 Å². The minimum atomic E-state index is 0.788. The third kappa shape index (κ3) is 3.36. The highest BCUT2D eigenvalue weighted by molar-refractivity contribution is 14.1. The van der Waals surface area contributed by atoms with Crippen molar-refractivity contribution in [3.63, 3.8) is 0 Å². The summed E-state index contributed by atoms with van der Waals surface area (Å²) in [5.41, 5.74) is 11.1. The van der Waals surface area contributed by atoms with E-state index >= 15 is 0 Å². The lowest BCUT2D eigenvalue weighted by Crippen LogP contribution is -1.93. The first kappa shape index (κ1) is 13.9. The van der Waals surface area contributed by atoms with E-state index in [1.54, 1.807) is 0 Å². The molecule has 0 aliphatic carbocycles. The maximum absolute atomic E-state index is 5.73. The van der Waals surface area contributed by atoms with Gasteiger partial charge in [-0.25, -0.2) is 0 Å². The Labute approximate surface area is 138 Å². The van der Waals surface area contributed by atoms with Gasteiger partial charge in [0.1, 0.15) is 0 Å². The smallest absolute Gasteiger partial charge is 0.0520 e. The van der Waals surface area contributed by atoms with Crippen LogP contribution in [0.25, 0.3) is 11.1 Å². The highest BCUT2D eigenvalue weighted by Gasteiger charge is 2.04. The molecule has 0 fully saturated rings. The standard InChI is InChI=1S/C18H15IN2/c19-17-12-14(13-6-9-15(20)10-7-13)8-11-18(17)21-16-4-2-1-3-5-16/h1-12,21H,20H2. The number of rotatable bonds is 3. The SMILES string of the molecule is Nc1ccc(-c2ccc(Nc3ccccc3)c(I)c2)cc1. The van der Waals surface area contributed by atoms with Crippen LogP contribution in [0.2, 0.25) is 0 Å². The Morgan fingerprint density at radius 3 is 2.10 bits per heavy atom. The average Bonchev–Trinajstić information content (AvgIpc) is 2.51. The van der Waals surface area contributed by atoms with E-state index in [4.69, 9.17) is 5.73 Å². The highest BCUT2D eigenvalue weighted by Crippen LogP contribution is 2.28. The van der Waals surface area contributed by atoms with E-state index in [0.717, 1.165) is 17.1 Å². The van der Waals surface area contributed by atoms with E-state index in [1.807, 2.05) is 42.5 Å². The van der Waals surface area contributed by atoms with Crippen molar-refractivity contribution in [1.29, 1.82) is 0 Å². The number of hydrogen-bond acceptors (Lipinski definition) is 2. The number of benzene rings is 3. The molecule has 3 rings (SSSR count). The Hall–Kier alpha value is -2.01. The molecule has 0 heterocycles. The van der Waals surface area contributed by atoms with Gasteiger partial charge in [-0.2, -0.15) is 0 Å². The number of para-hydroxylation sites is 1. The van der Waals surface area contributed by atoms with Crippen LogP contribution in [0.1, 0.15) is 0 Å². The van der Waals surface area contributed by atoms with Gasteiger partial charge in [-0.15, -0.1) is 0 Å². The van der Waals surface area contributed by atoms with Crippen molar-refractivity contribution in [3.8, 4) is 11.1 Å².